The van der Waals surface area contributed by atoms with E-state index in [2.05, 4.69) is 5.32 Å². The molecule has 0 unspecified atom stereocenters. The molecule has 1 aromatic carbocycles. The van der Waals surface area contributed by atoms with E-state index in [-0.39, 0.29) is 12.6 Å². The molecular formula is C16H13ClN2O2S2. The third kappa shape index (κ3) is 3.60. The smallest absolute Gasteiger partial charge is 0.267 e. The number of nitrogens with zero attached hydrogens (tertiary/aromatic N) is 1. The molecule has 0 aliphatic carbocycles. The van der Waals surface area contributed by atoms with Gasteiger partial charge >= 0.3 is 0 Å². The Hall–Kier alpha value is -1.76. The van der Waals surface area contributed by atoms with Crippen molar-refractivity contribution in [3.05, 3.63) is 57.8 Å². The number of rotatable bonds is 4. The zero-order valence-electron chi connectivity index (χ0n) is 12.2. The highest BCUT2D eigenvalue weighted by molar-refractivity contribution is 8.26. The molecule has 0 bridgehead atoms. The van der Waals surface area contributed by atoms with Crippen molar-refractivity contribution in [1.82, 2.24) is 4.90 Å². The van der Waals surface area contributed by atoms with Crippen molar-refractivity contribution >= 4 is 57.6 Å². The minimum Gasteiger partial charge on any atom is -0.462 e. The highest BCUT2D eigenvalue weighted by Crippen LogP contribution is 2.33. The molecule has 7 heteroatoms. The number of furan rings is 1. The number of thiocarbonyl (C=S) groups is 1. The molecular weight excluding hydrogens is 352 g/mol. The van der Waals surface area contributed by atoms with Gasteiger partial charge in [-0.3, -0.25) is 9.69 Å². The van der Waals surface area contributed by atoms with Crippen LogP contribution in [0.15, 0.2) is 45.7 Å². The maximum atomic E-state index is 12.5. The number of carbonyl (C=O) groups excluding carboxylic acids is 1. The second-order valence-electron chi connectivity index (χ2n) is 4.87. The fourth-order valence-electron chi connectivity index (χ4n) is 2.07. The number of aryl methyl sites for hydroxylation is 1. The molecule has 1 N–H and O–H groups in total. The van der Waals surface area contributed by atoms with Crippen molar-refractivity contribution in [3.63, 3.8) is 0 Å². The summed E-state index contributed by atoms with van der Waals surface area (Å²) in [5.41, 5.74) is 0.758. The third-order valence-corrected chi connectivity index (χ3v) is 4.92. The van der Waals surface area contributed by atoms with Crippen LogP contribution in [0.3, 0.4) is 0 Å². The lowest BCUT2D eigenvalue weighted by Gasteiger charge is -2.16. The largest absolute Gasteiger partial charge is 0.462 e. The van der Waals surface area contributed by atoms with Crippen molar-refractivity contribution in [3.8, 4) is 0 Å². The molecule has 2 aromatic rings. The summed E-state index contributed by atoms with van der Waals surface area (Å²) in [5.74, 6) is 1.29. The molecule has 3 rings (SSSR count). The number of anilines is 1. The van der Waals surface area contributed by atoms with E-state index in [9.17, 15) is 4.79 Å². The molecule has 1 aliphatic heterocycles. The molecule has 0 atom stereocenters. The zero-order valence-corrected chi connectivity index (χ0v) is 14.6. The van der Waals surface area contributed by atoms with Gasteiger partial charge < -0.3 is 9.73 Å². The molecule has 1 aliphatic rings. The molecule has 4 nitrogen and oxygen atoms in total. The number of carbonyl (C=O) groups is 1. The van der Waals surface area contributed by atoms with Crippen LogP contribution in [-0.4, -0.2) is 21.8 Å². The fourth-order valence-corrected chi connectivity index (χ4v) is 3.50. The summed E-state index contributed by atoms with van der Waals surface area (Å²) < 4.78 is 5.98. The van der Waals surface area contributed by atoms with Gasteiger partial charge in [-0.2, -0.15) is 0 Å². The van der Waals surface area contributed by atoms with Gasteiger partial charge in [0.2, 0.25) is 0 Å². The summed E-state index contributed by atoms with van der Waals surface area (Å²) in [5, 5.41) is 3.72. The van der Waals surface area contributed by atoms with Crippen molar-refractivity contribution in [2.24, 2.45) is 0 Å². The lowest BCUT2D eigenvalue weighted by molar-refractivity contribution is -0.121. The van der Waals surface area contributed by atoms with Gasteiger partial charge in [-0.1, -0.05) is 47.7 Å². The summed E-state index contributed by atoms with van der Waals surface area (Å²) in [6.45, 7) is 2.12. The molecule has 1 aromatic heterocycles. The van der Waals surface area contributed by atoms with Crippen LogP contribution < -0.4 is 5.32 Å². The van der Waals surface area contributed by atoms with Crippen LogP contribution in [0.5, 0.6) is 0 Å². The van der Waals surface area contributed by atoms with E-state index in [4.69, 9.17) is 28.2 Å². The Labute approximate surface area is 148 Å². The summed E-state index contributed by atoms with van der Waals surface area (Å²) in [7, 11) is 0. The average molecular weight is 365 g/mol. The monoisotopic (exact) mass is 364 g/mol. The highest BCUT2D eigenvalue weighted by Gasteiger charge is 2.32. The normalized spacial score (nSPS) is 16.4. The number of para-hydroxylation sites is 1. The van der Waals surface area contributed by atoms with E-state index in [0.29, 0.717) is 20.0 Å². The van der Waals surface area contributed by atoms with Gasteiger partial charge in [0.15, 0.2) is 0 Å². The summed E-state index contributed by atoms with van der Waals surface area (Å²) in [6.07, 6.45) is 1.71. The minimum absolute atomic E-state index is 0.145. The molecule has 0 radical (unpaired) electrons. The molecule has 118 valence electrons. The summed E-state index contributed by atoms with van der Waals surface area (Å²) >= 11 is 12.6. The molecule has 0 spiro atoms. The third-order valence-electron chi connectivity index (χ3n) is 3.21. The first kappa shape index (κ1) is 16.1. The van der Waals surface area contributed by atoms with Gasteiger partial charge in [-0.05, 0) is 31.2 Å². The van der Waals surface area contributed by atoms with E-state index in [1.165, 1.54) is 16.7 Å². The molecule has 23 heavy (non-hydrogen) atoms. The number of halogens is 1. The first-order chi connectivity index (χ1) is 11.0. The first-order valence-electron chi connectivity index (χ1n) is 6.85. The number of nitrogens with one attached hydrogen (secondary N) is 1. The number of hydrogen-bond acceptors (Lipinski definition) is 5. The Kier molecular flexibility index (Phi) is 4.75. The Balaban J connectivity index is 1.72. The molecule has 2 heterocycles. The van der Waals surface area contributed by atoms with Crippen LogP contribution in [-0.2, 0) is 4.79 Å². The number of amides is 1. The second kappa shape index (κ2) is 6.78. The van der Waals surface area contributed by atoms with Gasteiger partial charge in [0.25, 0.3) is 5.91 Å². The lowest BCUT2D eigenvalue weighted by Crippen LogP contribution is -2.33. The molecule has 0 saturated carbocycles. The number of benzene rings is 1. The maximum absolute atomic E-state index is 12.5. The zero-order chi connectivity index (χ0) is 16.4. The van der Waals surface area contributed by atoms with Crippen LogP contribution in [0, 0.1) is 6.92 Å². The van der Waals surface area contributed by atoms with E-state index < -0.39 is 0 Å². The van der Waals surface area contributed by atoms with Gasteiger partial charge in [0.05, 0.1) is 22.3 Å². The van der Waals surface area contributed by atoms with E-state index in [1.807, 2.05) is 37.3 Å². The van der Waals surface area contributed by atoms with Gasteiger partial charge in [0, 0.05) is 6.08 Å². The maximum Gasteiger partial charge on any atom is 0.267 e. The van der Waals surface area contributed by atoms with Crippen LogP contribution >= 0.6 is 35.6 Å². The number of hydrogen-bond donors (Lipinski definition) is 1. The molecule has 1 amide bonds. The number of thioether (sulfide) groups is 1. The van der Waals surface area contributed by atoms with Crippen LogP contribution in [0.1, 0.15) is 11.5 Å². The van der Waals surface area contributed by atoms with Gasteiger partial charge in [-0.15, -0.1) is 0 Å². The van der Waals surface area contributed by atoms with Crippen molar-refractivity contribution in [2.45, 2.75) is 6.92 Å². The topological polar surface area (TPSA) is 45.5 Å². The quantitative estimate of drug-likeness (QED) is 0.638. The SMILES string of the molecule is Cc1ccc(C=C2SC(=S)N(CNc3ccccc3Cl)C2=O)o1. The Morgan fingerprint density at radius 3 is 2.83 bits per heavy atom. The van der Waals surface area contributed by atoms with E-state index >= 15 is 0 Å². The summed E-state index contributed by atoms with van der Waals surface area (Å²) in [6, 6.07) is 11.0. The minimum atomic E-state index is -0.145. The van der Waals surface area contributed by atoms with E-state index in [1.54, 1.807) is 12.1 Å². The Morgan fingerprint density at radius 2 is 2.13 bits per heavy atom. The van der Waals surface area contributed by atoms with Crippen LogP contribution in [0.25, 0.3) is 6.08 Å². The fraction of sp³-hybridized carbons (Fsp3) is 0.125. The van der Waals surface area contributed by atoms with Crippen molar-refractivity contribution in [1.29, 1.82) is 0 Å². The Bertz CT molecular complexity index is 801. The predicted octanol–water partition coefficient (Wildman–Crippen LogP) is 4.51. The van der Waals surface area contributed by atoms with Crippen LogP contribution in [0.2, 0.25) is 5.02 Å². The molecule has 1 saturated heterocycles. The Morgan fingerprint density at radius 1 is 1.35 bits per heavy atom. The van der Waals surface area contributed by atoms with E-state index in [0.717, 1.165) is 11.4 Å². The van der Waals surface area contributed by atoms with Crippen molar-refractivity contribution < 1.29 is 9.21 Å². The second-order valence-corrected chi connectivity index (χ2v) is 6.96. The average Bonchev–Trinajstić information content (AvgIpc) is 3.04. The van der Waals surface area contributed by atoms with Gasteiger partial charge in [-0.25, -0.2) is 0 Å². The van der Waals surface area contributed by atoms with Crippen molar-refractivity contribution in [2.75, 3.05) is 12.0 Å². The standard InChI is InChI=1S/C16H13ClN2O2S2/c1-10-6-7-11(21-10)8-14-15(20)19(16(22)23-14)9-18-13-5-3-2-4-12(13)17/h2-8,18H,9H2,1H3. The summed E-state index contributed by atoms with van der Waals surface area (Å²) in [4.78, 5) is 14.5. The lowest BCUT2D eigenvalue weighted by atomic mass is 10.3. The predicted molar refractivity (Wildman–Crippen MR) is 98.4 cm³/mol. The van der Waals surface area contributed by atoms with Gasteiger partial charge in [0.1, 0.15) is 15.8 Å². The molecule has 1 fully saturated rings. The van der Waals surface area contributed by atoms with Crippen LogP contribution in [0.4, 0.5) is 5.69 Å². The highest BCUT2D eigenvalue weighted by atomic mass is 35.5. The first-order valence-corrected chi connectivity index (χ1v) is 8.45.